The van der Waals surface area contributed by atoms with Crippen LogP contribution in [-0.4, -0.2) is 36.8 Å². The third-order valence-electron chi connectivity index (χ3n) is 8.58. The molecule has 1 saturated heterocycles. The molecule has 0 unspecified atom stereocenters. The molecule has 1 aromatic heterocycles. The van der Waals surface area contributed by atoms with Gasteiger partial charge in [-0.15, -0.1) is 0 Å². The lowest BCUT2D eigenvalue weighted by atomic mass is 9.71. The number of hydrogen-bond acceptors (Lipinski definition) is 5. The van der Waals surface area contributed by atoms with Gasteiger partial charge in [0, 0.05) is 29.3 Å². The van der Waals surface area contributed by atoms with E-state index in [4.69, 9.17) is 9.15 Å². The zero-order chi connectivity index (χ0) is 28.0. The smallest absolute Gasteiger partial charge is 0.253 e. The monoisotopic (exact) mass is 534 g/mol. The number of ketones is 1. The Bertz CT molecular complexity index is 1560. The van der Waals surface area contributed by atoms with Crippen LogP contribution in [0.15, 0.2) is 89.5 Å². The first-order valence-electron chi connectivity index (χ1n) is 13.9. The second kappa shape index (κ2) is 10.1. The molecule has 204 valence electrons. The molecule has 2 aliphatic rings. The molecule has 3 heterocycles. The van der Waals surface area contributed by atoms with Crippen molar-refractivity contribution in [2.45, 2.75) is 38.8 Å². The van der Waals surface area contributed by atoms with E-state index in [0.717, 1.165) is 27.9 Å². The quantitative estimate of drug-likeness (QED) is 0.262. The SMILES string of the molecule is CCOc1ccc(C(=O)[C@@H]2[C@H](c3ccco3)CN(C)[C@@]23C(=O)N(Cc2cc(C)ccc2C)c2ccccc23)cc1. The number of Topliss-reactive ketones (excluding diaryl/α,β-unsaturated/α-hetero) is 1. The van der Waals surface area contributed by atoms with Crippen LogP contribution in [-0.2, 0) is 16.9 Å². The van der Waals surface area contributed by atoms with Crippen molar-refractivity contribution in [1.29, 1.82) is 0 Å². The van der Waals surface area contributed by atoms with E-state index in [9.17, 15) is 9.59 Å². The van der Waals surface area contributed by atoms with Gasteiger partial charge in [-0.2, -0.15) is 0 Å². The lowest BCUT2D eigenvalue weighted by Crippen LogP contribution is -2.53. The van der Waals surface area contributed by atoms with Crippen molar-refractivity contribution in [3.63, 3.8) is 0 Å². The summed E-state index contributed by atoms with van der Waals surface area (Å²) < 4.78 is 11.5. The maximum atomic E-state index is 14.9. The Hall–Kier alpha value is -4.16. The summed E-state index contributed by atoms with van der Waals surface area (Å²) in [6, 6.07) is 25.3. The fourth-order valence-corrected chi connectivity index (χ4v) is 6.69. The summed E-state index contributed by atoms with van der Waals surface area (Å²) in [7, 11) is 1.96. The van der Waals surface area contributed by atoms with Crippen molar-refractivity contribution < 1.29 is 18.7 Å². The topological polar surface area (TPSA) is 63.0 Å². The highest BCUT2D eigenvalue weighted by Gasteiger charge is 2.66. The fraction of sp³-hybridized carbons (Fsp3) is 0.294. The number of carbonyl (C=O) groups excluding carboxylic acids is 2. The molecule has 0 saturated carbocycles. The summed E-state index contributed by atoms with van der Waals surface area (Å²) in [4.78, 5) is 33.4. The predicted molar refractivity (Wildman–Crippen MR) is 155 cm³/mol. The van der Waals surface area contributed by atoms with Gasteiger partial charge in [-0.05, 0) is 81.4 Å². The van der Waals surface area contributed by atoms with Crippen LogP contribution >= 0.6 is 0 Å². The molecule has 0 aliphatic carbocycles. The molecular weight excluding hydrogens is 500 g/mol. The second-order valence-corrected chi connectivity index (χ2v) is 10.9. The number of amides is 1. The van der Waals surface area contributed by atoms with Gasteiger partial charge >= 0.3 is 0 Å². The number of likely N-dealkylation sites (N-methyl/N-ethyl adjacent to an activating group) is 1. The minimum atomic E-state index is -1.17. The minimum Gasteiger partial charge on any atom is -0.494 e. The average Bonchev–Trinajstić information content (AvgIpc) is 3.65. The number of hydrogen-bond donors (Lipinski definition) is 0. The Balaban J connectivity index is 1.50. The van der Waals surface area contributed by atoms with Gasteiger partial charge in [-0.3, -0.25) is 14.5 Å². The van der Waals surface area contributed by atoms with Crippen molar-refractivity contribution in [3.8, 4) is 5.75 Å². The van der Waals surface area contributed by atoms with E-state index in [2.05, 4.69) is 36.9 Å². The molecule has 3 aromatic carbocycles. The van der Waals surface area contributed by atoms with Crippen LogP contribution in [0.3, 0.4) is 0 Å². The van der Waals surface area contributed by atoms with Crippen LogP contribution in [0.5, 0.6) is 5.75 Å². The molecule has 0 N–H and O–H groups in total. The lowest BCUT2D eigenvalue weighted by molar-refractivity contribution is -0.129. The Morgan fingerprint density at radius 2 is 1.80 bits per heavy atom. The number of anilines is 1. The zero-order valence-electron chi connectivity index (χ0n) is 23.4. The largest absolute Gasteiger partial charge is 0.494 e. The first-order chi connectivity index (χ1) is 19.4. The van der Waals surface area contributed by atoms with Gasteiger partial charge in [0.05, 0.1) is 25.3 Å². The van der Waals surface area contributed by atoms with Crippen LogP contribution in [0.25, 0.3) is 0 Å². The first-order valence-corrected chi connectivity index (χ1v) is 13.9. The number of benzene rings is 3. The number of carbonyl (C=O) groups is 2. The third-order valence-corrected chi connectivity index (χ3v) is 8.58. The predicted octanol–water partition coefficient (Wildman–Crippen LogP) is 6.27. The number of rotatable bonds is 7. The summed E-state index contributed by atoms with van der Waals surface area (Å²) in [5.74, 6) is 0.296. The minimum absolute atomic E-state index is 0.0737. The molecule has 6 rings (SSSR count). The van der Waals surface area contributed by atoms with Crippen molar-refractivity contribution in [3.05, 3.63) is 119 Å². The van der Waals surface area contributed by atoms with Gasteiger partial charge < -0.3 is 14.1 Å². The highest BCUT2D eigenvalue weighted by atomic mass is 16.5. The third kappa shape index (κ3) is 3.97. The lowest BCUT2D eigenvalue weighted by Gasteiger charge is -2.36. The van der Waals surface area contributed by atoms with Gasteiger partial charge in [-0.25, -0.2) is 0 Å². The number of likely N-dealkylation sites (tertiary alicyclic amines) is 1. The van der Waals surface area contributed by atoms with E-state index in [0.29, 0.717) is 36.8 Å². The summed E-state index contributed by atoms with van der Waals surface area (Å²) >= 11 is 0. The van der Waals surface area contributed by atoms with Crippen LogP contribution < -0.4 is 9.64 Å². The standard InChI is InChI=1S/C34H34N2O4/c1-5-39-26-16-14-24(15-17-26)32(37)31-27(30-11-8-18-40-30)21-35(4)34(31)28-9-6-7-10-29(28)36(33(34)38)20-25-19-22(2)12-13-23(25)3/h6-19,27,31H,5,20-21H2,1-4H3/t27-,31-,34+/m0/s1. The maximum Gasteiger partial charge on any atom is 0.253 e. The van der Waals surface area contributed by atoms with E-state index in [1.54, 1.807) is 18.4 Å². The number of nitrogens with zero attached hydrogens (tertiary/aromatic N) is 2. The Morgan fingerprint density at radius 1 is 1.02 bits per heavy atom. The van der Waals surface area contributed by atoms with Crippen LogP contribution in [0, 0.1) is 19.8 Å². The molecule has 40 heavy (non-hydrogen) atoms. The van der Waals surface area contributed by atoms with Gasteiger partial charge in [-0.1, -0.05) is 42.0 Å². The number of fused-ring (bicyclic) bond motifs is 2. The molecule has 0 radical (unpaired) electrons. The summed E-state index contributed by atoms with van der Waals surface area (Å²) in [5, 5.41) is 0. The van der Waals surface area contributed by atoms with E-state index < -0.39 is 11.5 Å². The van der Waals surface area contributed by atoms with Crippen molar-refractivity contribution >= 4 is 17.4 Å². The highest BCUT2D eigenvalue weighted by Crippen LogP contribution is 2.57. The molecular formula is C34H34N2O4. The van der Waals surface area contributed by atoms with Crippen LogP contribution in [0.2, 0.25) is 0 Å². The van der Waals surface area contributed by atoms with Crippen LogP contribution in [0.4, 0.5) is 5.69 Å². The average molecular weight is 535 g/mol. The Morgan fingerprint density at radius 3 is 2.52 bits per heavy atom. The highest BCUT2D eigenvalue weighted by molar-refractivity contribution is 6.13. The maximum absolute atomic E-state index is 14.9. The van der Waals surface area contributed by atoms with Crippen LogP contribution in [0.1, 0.15) is 51.2 Å². The number of para-hydroxylation sites is 1. The van der Waals surface area contributed by atoms with Gasteiger partial charge in [0.25, 0.3) is 5.91 Å². The zero-order valence-corrected chi connectivity index (χ0v) is 23.4. The van der Waals surface area contributed by atoms with E-state index in [1.165, 1.54) is 0 Å². The molecule has 3 atom stereocenters. The normalized spacial score (nSPS) is 22.2. The molecule has 6 heteroatoms. The summed E-state index contributed by atoms with van der Waals surface area (Å²) in [6.45, 7) is 7.56. The number of aryl methyl sites for hydroxylation is 2. The summed E-state index contributed by atoms with van der Waals surface area (Å²) in [5.41, 5.74) is 4.48. The van der Waals surface area contributed by atoms with Crippen molar-refractivity contribution in [2.24, 2.45) is 5.92 Å². The molecule has 1 amide bonds. The van der Waals surface area contributed by atoms with Gasteiger partial charge in [0.15, 0.2) is 5.78 Å². The summed E-state index contributed by atoms with van der Waals surface area (Å²) in [6.07, 6.45) is 1.63. The molecule has 6 nitrogen and oxygen atoms in total. The molecule has 2 aliphatic heterocycles. The van der Waals surface area contributed by atoms with Gasteiger partial charge in [0.2, 0.25) is 0 Å². The number of ether oxygens (including phenoxy) is 1. The van der Waals surface area contributed by atoms with Gasteiger partial charge in [0.1, 0.15) is 17.0 Å². The Labute approximate surface area is 235 Å². The van der Waals surface area contributed by atoms with E-state index >= 15 is 0 Å². The molecule has 1 fully saturated rings. The van der Waals surface area contributed by atoms with Crippen molar-refractivity contribution in [2.75, 3.05) is 25.1 Å². The second-order valence-electron chi connectivity index (χ2n) is 10.9. The Kier molecular flexibility index (Phi) is 6.59. The molecule has 1 spiro atoms. The van der Waals surface area contributed by atoms with E-state index in [-0.39, 0.29) is 17.6 Å². The molecule has 4 aromatic rings. The first kappa shape index (κ1) is 26.1. The fourth-order valence-electron chi connectivity index (χ4n) is 6.69. The van der Waals surface area contributed by atoms with E-state index in [1.807, 2.05) is 67.4 Å². The molecule has 0 bridgehead atoms. The van der Waals surface area contributed by atoms with Crippen molar-refractivity contribution in [1.82, 2.24) is 4.90 Å². The number of furan rings is 1.